The van der Waals surface area contributed by atoms with Gasteiger partial charge in [0.05, 0.1) is 6.54 Å². The average Bonchev–Trinajstić information content (AvgIpc) is 2.99. The predicted octanol–water partition coefficient (Wildman–Crippen LogP) is 3.19. The minimum atomic E-state index is -2.56. The van der Waals surface area contributed by atoms with Gasteiger partial charge in [-0.15, -0.1) is 0 Å². The molecular weight excluding hydrogens is 370 g/mol. The molecule has 0 bridgehead atoms. The van der Waals surface area contributed by atoms with E-state index in [1.165, 1.54) is 11.8 Å². The van der Waals surface area contributed by atoms with Crippen LogP contribution in [0.4, 0.5) is 8.78 Å². The first-order chi connectivity index (χ1) is 13.4. The zero-order valence-corrected chi connectivity index (χ0v) is 16.7. The third-order valence-corrected chi connectivity index (χ3v) is 5.03. The van der Waals surface area contributed by atoms with Gasteiger partial charge in [-0.1, -0.05) is 37.8 Å². The Kier molecular flexibility index (Phi) is 8.32. The van der Waals surface area contributed by atoms with E-state index in [0.29, 0.717) is 18.8 Å². The lowest BCUT2D eigenvalue weighted by Gasteiger charge is -2.30. The van der Waals surface area contributed by atoms with Crippen LogP contribution in [0.3, 0.4) is 0 Å². The van der Waals surface area contributed by atoms with Crippen molar-refractivity contribution in [3.63, 3.8) is 0 Å². The molecule has 2 amide bonds. The van der Waals surface area contributed by atoms with Gasteiger partial charge in [0.2, 0.25) is 17.7 Å². The summed E-state index contributed by atoms with van der Waals surface area (Å²) in [5.41, 5.74) is -0.641. The molecule has 2 rings (SSSR count). The van der Waals surface area contributed by atoms with Crippen LogP contribution in [0, 0.1) is 0 Å². The van der Waals surface area contributed by atoms with E-state index in [2.05, 4.69) is 15.5 Å². The first kappa shape index (κ1) is 22.2. The maximum absolute atomic E-state index is 12.7. The highest BCUT2D eigenvalue weighted by atomic mass is 19.3. The Balaban J connectivity index is 2.05. The number of carbonyl (C=O) groups is 2. The molecule has 158 valence electrons. The Morgan fingerprint density at radius 2 is 1.93 bits per heavy atom. The van der Waals surface area contributed by atoms with Crippen LogP contribution in [0.15, 0.2) is 4.52 Å². The minimum absolute atomic E-state index is 0.0293. The molecule has 0 spiro atoms. The van der Waals surface area contributed by atoms with Crippen LogP contribution < -0.4 is 5.32 Å². The Labute approximate surface area is 164 Å². The van der Waals surface area contributed by atoms with Crippen molar-refractivity contribution in [2.24, 2.45) is 0 Å². The zero-order valence-electron chi connectivity index (χ0n) is 16.7. The zero-order chi connectivity index (χ0) is 20.6. The van der Waals surface area contributed by atoms with E-state index in [4.69, 9.17) is 4.52 Å². The Bertz CT molecular complexity index is 643. The molecule has 1 heterocycles. The lowest BCUT2D eigenvalue weighted by atomic mass is 9.89. The van der Waals surface area contributed by atoms with Crippen LogP contribution in [0.2, 0.25) is 0 Å². The number of nitrogens with one attached hydrogen (secondary N) is 1. The van der Waals surface area contributed by atoms with Crippen molar-refractivity contribution in [3.8, 4) is 0 Å². The molecule has 1 N–H and O–H groups in total. The van der Waals surface area contributed by atoms with Gasteiger partial charge in [-0.25, -0.2) is 8.78 Å². The predicted molar refractivity (Wildman–Crippen MR) is 98.7 cm³/mol. The number of aromatic nitrogens is 2. The van der Waals surface area contributed by atoms with E-state index in [1.54, 1.807) is 0 Å². The normalized spacial score (nSPS) is 16.6. The summed E-state index contributed by atoms with van der Waals surface area (Å²) >= 11 is 0. The maximum atomic E-state index is 12.7. The second-order valence-electron chi connectivity index (χ2n) is 7.42. The quantitative estimate of drug-likeness (QED) is 0.643. The molecule has 1 aromatic heterocycles. The molecule has 0 radical (unpaired) electrons. The van der Waals surface area contributed by atoms with Gasteiger partial charge in [-0.05, 0) is 19.3 Å². The summed E-state index contributed by atoms with van der Waals surface area (Å²) in [6.45, 7) is 3.04. The molecule has 9 heteroatoms. The van der Waals surface area contributed by atoms with Crippen molar-refractivity contribution in [1.82, 2.24) is 20.4 Å². The minimum Gasteiger partial charge on any atom is -0.343 e. The molecule has 1 aliphatic carbocycles. The molecule has 1 fully saturated rings. The van der Waals surface area contributed by atoms with E-state index < -0.39 is 18.5 Å². The second-order valence-corrected chi connectivity index (χ2v) is 7.42. The molecule has 7 nitrogen and oxygen atoms in total. The van der Waals surface area contributed by atoms with Crippen molar-refractivity contribution in [2.75, 3.05) is 13.1 Å². The fourth-order valence-electron chi connectivity index (χ4n) is 3.75. The number of aryl methyl sites for hydroxylation is 1. The maximum Gasteiger partial charge on any atom is 0.255 e. The highest BCUT2D eigenvalue weighted by molar-refractivity contribution is 5.76. The summed E-state index contributed by atoms with van der Waals surface area (Å²) in [5, 5.41) is 7.07. The van der Waals surface area contributed by atoms with Crippen molar-refractivity contribution in [1.29, 1.82) is 0 Å². The van der Waals surface area contributed by atoms with Gasteiger partial charge in [0.25, 0.3) is 6.43 Å². The van der Waals surface area contributed by atoms with Crippen LogP contribution in [-0.2, 0) is 21.5 Å². The van der Waals surface area contributed by atoms with Crippen LogP contribution >= 0.6 is 0 Å². The Hall–Kier alpha value is -2.06. The number of nitrogens with zero attached hydrogens (tertiary/aromatic N) is 3. The summed E-state index contributed by atoms with van der Waals surface area (Å²) in [6, 6.07) is 0. The summed E-state index contributed by atoms with van der Waals surface area (Å²) < 4.78 is 30.6. The smallest absolute Gasteiger partial charge is 0.255 e. The van der Waals surface area contributed by atoms with Gasteiger partial charge in [-0.2, -0.15) is 4.98 Å². The highest BCUT2D eigenvalue weighted by Crippen LogP contribution is 2.34. The highest BCUT2D eigenvalue weighted by Gasteiger charge is 2.38. The summed E-state index contributed by atoms with van der Waals surface area (Å²) in [7, 11) is 0. The van der Waals surface area contributed by atoms with Crippen LogP contribution in [0.25, 0.3) is 0 Å². The van der Waals surface area contributed by atoms with E-state index in [0.717, 1.165) is 38.5 Å². The van der Waals surface area contributed by atoms with E-state index in [9.17, 15) is 18.4 Å². The molecule has 0 unspecified atom stereocenters. The molecule has 1 saturated carbocycles. The monoisotopic (exact) mass is 400 g/mol. The van der Waals surface area contributed by atoms with Gasteiger partial charge in [-0.3, -0.25) is 9.59 Å². The van der Waals surface area contributed by atoms with Crippen molar-refractivity contribution >= 4 is 11.8 Å². The molecular formula is C19H30F2N4O3. The molecule has 0 aromatic carbocycles. The summed E-state index contributed by atoms with van der Waals surface area (Å²) in [6.07, 6.45) is 3.86. The van der Waals surface area contributed by atoms with E-state index >= 15 is 0 Å². The summed E-state index contributed by atoms with van der Waals surface area (Å²) in [5.74, 6) is 0.217. The van der Waals surface area contributed by atoms with Crippen LogP contribution in [0.5, 0.6) is 0 Å². The van der Waals surface area contributed by atoms with Crippen LogP contribution in [0.1, 0.15) is 76.9 Å². The van der Waals surface area contributed by atoms with Gasteiger partial charge in [0.15, 0.2) is 5.82 Å². The third kappa shape index (κ3) is 6.24. The van der Waals surface area contributed by atoms with Gasteiger partial charge >= 0.3 is 0 Å². The largest absolute Gasteiger partial charge is 0.343 e. The number of amides is 2. The lowest BCUT2D eigenvalue weighted by molar-refractivity contribution is -0.133. The van der Waals surface area contributed by atoms with E-state index in [1.807, 2.05) is 6.92 Å². The van der Waals surface area contributed by atoms with Gasteiger partial charge in [0.1, 0.15) is 5.54 Å². The molecule has 1 aliphatic rings. The summed E-state index contributed by atoms with van der Waals surface area (Å²) in [4.78, 5) is 29.6. The number of carbonyl (C=O) groups excluding carboxylic acids is 2. The standard InChI is InChI=1S/C19H30F2N4O3/c1-3-12-25(13-15(20)21)17(27)9-8-16-22-18(24-28-16)19(23-14(2)26)10-6-4-5-7-11-19/h15H,3-13H2,1-2H3,(H,23,26). The number of rotatable bonds is 9. The van der Waals surface area contributed by atoms with Gasteiger partial charge < -0.3 is 14.7 Å². The fourth-order valence-corrected chi connectivity index (χ4v) is 3.75. The van der Waals surface area contributed by atoms with Gasteiger partial charge in [0, 0.05) is 26.3 Å². The first-order valence-electron chi connectivity index (χ1n) is 10.0. The number of halogens is 2. The second kappa shape index (κ2) is 10.5. The van der Waals surface area contributed by atoms with Crippen molar-refractivity contribution < 1.29 is 22.9 Å². The Morgan fingerprint density at radius 1 is 1.25 bits per heavy atom. The van der Waals surface area contributed by atoms with Crippen molar-refractivity contribution in [2.45, 2.75) is 83.6 Å². The molecule has 0 atom stereocenters. The molecule has 0 aliphatic heterocycles. The molecule has 0 saturated heterocycles. The Morgan fingerprint density at radius 3 is 2.50 bits per heavy atom. The number of hydrogen-bond acceptors (Lipinski definition) is 5. The average molecular weight is 400 g/mol. The third-order valence-electron chi connectivity index (χ3n) is 5.03. The van der Waals surface area contributed by atoms with Crippen molar-refractivity contribution in [3.05, 3.63) is 11.7 Å². The number of alkyl halides is 2. The topological polar surface area (TPSA) is 88.3 Å². The molecule has 1 aromatic rings. The SMILES string of the molecule is CCCN(CC(F)F)C(=O)CCc1nc(C2(NC(C)=O)CCCCCC2)no1. The first-order valence-corrected chi connectivity index (χ1v) is 10.0. The fraction of sp³-hybridized carbons (Fsp3) is 0.789. The number of hydrogen-bond donors (Lipinski definition) is 1. The lowest BCUT2D eigenvalue weighted by Crippen LogP contribution is -2.45. The molecule has 28 heavy (non-hydrogen) atoms. The van der Waals surface area contributed by atoms with Crippen LogP contribution in [-0.4, -0.2) is 46.4 Å². The van der Waals surface area contributed by atoms with E-state index in [-0.39, 0.29) is 30.5 Å².